The number of hydrogen-bond donors (Lipinski definition) is 5. The lowest BCUT2D eigenvalue weighted by Crippen LogP contribution is -2.48. The van der Waals surface area contributed by atoms with E-state index >= 15 is 0 Å². The van der Waals surface area contributed by atoms with E-state index < -0.39 is 23.0 Å². The van der Waals surface area contributed by atoms with Crippen molar-refractivity contribution in [3.63, 3.8) is 0 Å². The van der Waals surface area contributed by atoms with Gasteiger partial charge in [0.1, 0.15) is 11.9 Å². The van der Waals surface area contributed by atoms with Gasteiger partial charge in [0.05, 0.1) is 11.7 Å². The number of imidazole rings is 1. The number of H-pyrrole nitrogens is 1. The molecule has 0 aliphatic carbocycles. The molecule has 34 heavy (non-hydrogen) atoms. The molecule has 2 atom stereocenters. The van der Waals surface area contributed by atoms with Crippen LogP contribution in [-0.4, -0.2) is 36.2 Å². The molecule has 2 aromatic carbocycles. The van der Waals surface area contributed by atoms with Crippen molar-refractivity contribution in [3.8, 4) is 0 Å². The summed E-state index contributed by atoms with van der Waals surface area (Å²) in [6.45, 7) is 3.38. The number of benzene rings is 2. The van der Waals surface area contributed by atoms with Gasteiger partial charge in [0.15, 0.2) is 0 Å². The molecular weight excluding hydrogens is 454 g/mol. The highest BCUT2D eigenvalue weighted by atomic mass is 32.2. The number of aryl methyl sites for hydroxylation is 1. The monoisotopic (exact) mass is 483 g/mol. The summed E-state index contributed by atoms with van der Waals surface area (Å²) in [5.74, 6) is -0.00448. The van der Waals surface area contributed by atoms with Gasteiger partial charge < -0.3 is 15.6 Å². The number of carbonyl (C=O) groups excluding carboxylic acids is 2. The highest BCUT2D eigenvalue weighted by Gasteiger charge is 2.25. The van der Waals surface area contributed by atoms with Crippen LogP contribution in [0.5, 0.6) is 0 Å². The quantitative estimate of drug-likeness (QED) is 0.266. The van der Waals surface area contributed by atoms with Crippen LogP contribution in [0.2, 0.25) is 0 Å². The van der Waals surface area contributed by atoms with Crippen molar-refractivity contribution in [2.75, 3.05) is 4.72 Å². The first-order valence-electron chi connectivity index (χ1n) is 11.0. The molecule has 3 rings (SSSR count). The maximum Gasteiger partial charge on any atom is 0.243 e. The summed E-state index contributed by atoms with van der Waals surface area (Å²) in [7, 11) is -2.74. The molecule has 3 aromatic rings. The Kier molecular flexibility index (Phi) is 8.80. The largest absolute Gasteiger partial charge is 0.347 e. The average Bonchev–Trinajstić information content (AvgIpc) is 3.29. The zero-order valence-corrected chi connectivity index (χ0v) is 20.0. The zero-order chi connectivity index (χ0) is 24.5. The average molecular weight is 484 g/mol. The maximum atomic E-state index is 13.3. The summed E-state index contributed by atoms with van der Waals surface area (Å²) in [4.78, 5) is 32.8. The van der Waals surface area contributed by atoms with Crippen LogP contribution in [0.1, 0.15) is 42.5 Å². The molecule has 0 spiro atoms. The van der Waals surface area contributed by atoms with E-state index in [1.54, 1.807) is 24.3 Å². The van der Waals surface area contributed by atoms with Crippen molar-refractivity contribution < 1.29 is 18.0 Å². The van der Waals surface area contributed by atoms with Gasteiger partial charge in [-0.15, -0.1) is 0 Å². The van der Waals surface area contributed by atoms with Crippen molar-refractivity contribution in [2.45, 2.75) is 45.2 Å². The van der Waals surface area contributed by atoms with Gasteiger partial charge in [0.2, 0.25) is 22.7 Å². The summed E-state index contributed by atoms with van der Waals surface area (Å²) < 4.78 is 24.1. The Morgan fingerprint density at radius 3 is 2.24 bits per heavy atom. The zero-order valence-electron chi connectivity index (χ0n) is 19.1. The Morgan fingerprint density at radius 1 is 0.971 bits per heavy atom. The van der Waals surface area contributed by atoms with Crippen LogP contribution in [-0.2, 0) is 39.7 Å². The molecule has 180 valence electrons. The number of nitrogens with one attached hydrogen (secondary N) is 4. The molecule has 0 aliphatic rings. The van der Waals surface area contributed by atoms with Crippen LogP contribution in [0.4, 0.5) is 5.69 Å². The van der Waals surface area contributed by atoms with Gasteiger partial charge in [-0.2, -0.15) is 0 Å². The Bertz CT molecular complexity index is 1170. The third kappa shape index (κ3) is 7.45. The second-order valence-corrected chi connectivity index (χ2v) is 8.64. The molecule has 0 saturated carbocycles. The molecule has 1 heterocycles. The van der Waals surface area contributed by atoms with Crippen LogP contribution in [0.25, 0.3) is 0 Å². The number of hydrogen-bond acceptors (Lipinski definition) is 5. The number of rotatable bonds is 11. The van der Waals surface area contributed by atoms with E-state index in [1.807, 2.05) is 43.5 Å². The van der Waals surface area contributed by atoms with Crippen LogP contribution in [0.3, 0.4) is 0 Å². The minimum Gasteiger partial charge on any atom is -0.347 e. The molecule has 0 aliphatic heterocycles. The Balaban J connectivity index is 1.81. The fourth-order valence-corrected chi connectivity index (χ4v) is 3.95. The van der Waals surface area contributed by atoms with Crippen molar-refractivity contribution in [1.29, 1.82) is 0 Å². The molecule has 1 aromatic heterocycles. The molecule has 4 N–H and O–H groups in total. The Labute approximate surface area is 200 Å². The second kappa shape index (κ2) is 12.0. The lowest BCUT2D eigenvalue weighted by Gasteiger charge is -2.22. The topological polar surface area (TPSA) is 133 Å². The normalized spacial score (nSPS) is 12.7. The minimum absolute atomic E-state index is 0.293. The molecule has 0 radical (unpaired) electrons. The summed E-state index contributed by atoms with van der Waals surface area (Å²) in [5, 5.41) is 5.78. The van der Waals surface area contributed by atoms with Crippen molar-refractivity contribution in [2.24, 2.45) is 0 Å². The highest BCUT2D eigenvalue weighted by Crippen LogP contribution is 2.19. The number of amides is 2. The molecule has 0 bridgehead atoms. The molecule has 0 saturated heterocycles. The predicted molar refractivity (Wildman–Crippen MR) is 131 cm³/mol. The lowest BCUT2D eigenvalue weighted by molar-refractivity contribution is -0.128. The minimum atomic E-state index is -2.74. The van der Waals surface area contributed by atoms with Gasteiger partial charge in [-0.1, -0.05) is 49.4 Å². The molecule has 10 heteroatoms. The summed E-state index contributed by atoms with van der Waals surface area (Å²) in [6, 6.07) is 15.2. The van der Waals surface area contributed by atoms with Crippen LogP contribution in [0.15, 0.2) is 60.8 Å². The first-order valence-corrected chi connectivity index (χ1v) is 12.2. The maximum absolute atomic E-state index is 13.3. The number of aromatic amines is 1. The number of carbonyl (C=O) groups is 2. The number of anilines is 1. The van der Waals surface area contributed by atoms with Gasteiger partial charge in [0, 0.05) is 25.2 Å². The van der Waals surface area contributed by atoms with E-state index in [-0.39, 0.29) is 11.8 Å². The Morgan fingerprint density at radius 2 is 1.65 bits per heavy atom. The van der Waals surface area contributed by atoms with Gasteiger partial charge >= 0.3 is 0 Å². The summed E-state index contributed by atoms with van der Waals surface area (Å²) in [6.07, 6.45) is 3.32. The molecule has 0 fully saturated rings. The number of nitrogens with zero attached hydrogens (tertiary/aromatic N) is 1. The van der Waals surface area contributed by atoms with E-state index in [9.17, 15) is 18.0 Å². The lowest BCUT2D eigenvalue weighted by atomic mass is 10.0. The summed E-state index contributed by atoms with van der Waals surface area (Å²) in [5.41, 5.74) is 3.14. The van der Waals surface area contributed by atoms with E-state index in [2.05, 4.69) is 25.3 Å². The van der Waals surface area contributed by atoms with Crippen molar-refractivity contribution >= 4 is 28.4 Å². The molecule has 0 unspecified atom stereocenters. The molecule has 9 nitrogen and oxygen atoms in total. The fourth-order valence-electron chi connectivity index (χ4n) is 3.59. The number of thiol groups is 1. The first-order chi connectivity index (χ1) is 16.3. The third-order valence-electron chi connectivity index (χ3n) is 5.25. The van der Waals surface area contributed by atoms with Crippen LogP contribution < -0.4 is 15.4 Å². The fraction of sp³-hybridized carbons (Fsp3) is 0.292. The standard InChI is InChI=1S/C24H29N5O4S/c1-3-19-15-25-23(27-19)21(13-18-9-11-20(12-10-18)29-34(32)33)28-24(31)22(26-16(2)30)14-17-7-5-4-6-8-17/h4-12,15,21-22,34H,3,13-14H2,1-2H3,(H,25,27)(H,26,30)(H,28,31)(H,29,32,33)/t21-,22-/m0/s1. The summed E-state index contributed by atoms with van der Waals surface area (Å²) >= 11 is 0. The van der Waals surface area contributed by atoms with Crippen molar-refractivity contribution in [1.82, 2.24) is 20.6 Å². The van der Waals surface area contributed by atoms with E-state index in [1.165, 1.54) is 6.92 Å². The van der Waals surface area contributed by atoms with Crippen LogP contribution >= 0.6 is 0 Å². The smallest absolute Gasteiger partial charge is 0.243 e. The Hall–Kier alpha value is -3.66. The van der Waals surface area contributed by atoms with E-state index in [0.29, 0.717) is 24.4 Å². The van der Waals surface area contributed by atoms with Gasteiger partial charge in [-0.3, -0.25) is 14.3 Å². The highest BCUT2D eigenvalue weighted by molar-refractivity contribution is 7.73. The number of aromatic nitrogens is 2. The van der Waals surface area contributed by atoms with Crippen molar-refractivity contribution in [3.05, 3.63) is 83.4 Å². The predicted octanol–water partition coefficient (Wildman–Crippen LogP) is 2.06. The first kappa shape index (κ1) is 25.0. The van der Waals surface area contributed by atoms with E-state index in [4.69, 9.17) is 0 Å². The van der Waals surface area contributed by atoms with Gasteiger partial charge in [-0.25, -0.2) is 13.4 Å². The van der Waals surface area contributed by atoms with Gasteiger partial charge in [-0.05, 0) is 36.1 Å². The molecular formula is C24H29N5O4S. The second-order valence-electron chi connectivity index (χ2n) is 7.90. The van der Waals surface area contributed by atoms with E-state index in [0.717, 1.165) is 23.2 Å². The SMILES string of the molecule is CCc1c[nH]c([C@H](Cc2ccc(N[SH](=O)=O)cc2)NC(=O)[C@H](Cc2ccccc2)NC(C)=O)n1. The van der Waals surface area contributed by atoms with Gasteiger partial charge in [0.25, 0.3) is 0 Å². The third-order valence-corrected chi connectivity index (χ3v) is 5.69. The van der Waals surface area contributed by atoms with Crippen LogP contribution in [0, 0.1) is 0 Å². The molecule has 2 amide bonds.